The third-order valence-corrected chi connectivity index (χ3v) is 1.50. The summed E-state index contributed by atoms with van der Waals surface area (Å²) in [4.78, 5) is 23.5. The van der Waals surface area contributed by atoms with Crippen LogP contribution in [0.4, 0.5) is 0 Å². The van der Waals surface area contributed by atoms with Crippen molar-refractivity contribution in [3.05, 3.63) is 30.1 Å². The van der Waals surface area contributed by atoms with Gasteiger partial charge in [-0.2, -0.15) is 0 Å². The molecule has 17 heavy (non-hydrogen) atoms. The number of nitrogens with zero attached hydrogens (tertiary/aromatic N) is 2. The van der Waals surface area contributed by atoms with E-state index in [2.05, 4.69) is 4.98 Å². The molecule has 0 atom stereocenters. The molecule has 1 aromatic heterocycles. The fourth-order valence-electron chi connectivity index (χ4n) is 0.871. The first kappa shape index (κ1) is 15.0. The van der Waals surface area contributed by atoms with Gasteiger partial charge in [0.25, 0.3) is 0 Å². The first-order valence-corrected chi connectivity index (χ1v) is 4.84. The lowest BCUT2D eigenvalue weighted by molar-refractivity contribution is -0.864. The van der Waals surface area contributed by atoms with Crippen LogP contribution >= 0.6 is 0 Å². The van der Waals surface area contributed by atoms with Crippen molar-refractivity contribution in [2.45, 2.75) is 0 Å². The second-order valence-corrected chi connectivity index (χ2v) is 4.35. The molecule has 1 aromatic rings. The molecule has 0 spiro atoms. The molecule has 0 saturated carbocycles. The summed E-state index contributed by atoms with van der Waals surface area (Å²) in [5, 5.41) is 19.9. The maximum absolute atomic E-state index is 10.0. The van der Waals surface area contributed by atoms with E-state index in [4.69, 9.17) is 0 Å². The highest BCUT2D eigenvalue weighted by Crippen LogP contribution is 1.90. The zero-order valence-corrected chi connectivity index (χ0v) is 10.0. The lowest BCUT2D eigenvalue weighted by Gasteiger charge is -2.23. The van der Waals surface area contributed by atoms with E-state index < -0.39 is 11.9 Å². The number of likely N-dealkylation sites (N-methyl/N-ethyl adjacent to an activating group) is 1. The van der Waals surface area contributed by atoms with Crippen LogP contribution in [0.5, 0.6) is 0 Å². The van der Waals surface area contributed by atoms with Crippen LogP contribution in [0, 0.1) is 0 Å². The minimum Gasteiger partial charge on any atom is -0.545 e. The van der Waals surface area contributed by atoms with Crippen LogP contribution in [0.3, 0.4) is 0 Å². The Morgan fingerprint density at radius 3 is 2.06 bits per heavy atom. The van der Waals surface area contributed by atoms with Crippen LogP contribution < -0.4 is 10.2 Å². The van der Waals surface area contributed by atoms with Crippen molar-refractivity contribution >= 4 is 11.9 Å². The number of hydrogen-bond acceptors (Lipinski definition) is 5. The van der Waals surface area contributed by atoms with Crippen LogP contribution in [0.1, 0.15) is 10.4 Å². The van der Waals surface area contributed by atoms with Gasteiger partial charge in [0.1, 0.15) is 6.54 Å². The number of rotatable bonds is 3. The zero-order valence-electron chi connectivity index (χ0n) is 10.0. The van der Waals surface area contributed by atoms with Gasteiger partial charge in [-0.05, 0) is 6.07 Å². The third-order valence-electron chi connectivity index (χ3n) is 1.50. The Bertz CT molecular complexity index is 371. The normalized spacial score (nSPS) is 10.1. The number of carbonyl (C=O) groups excluding carboxylic acids is 2. The van der Waals surface area contributed by atoms with Crippen molar-refractivity contribution in [3.8, 4) is 0 Å². The Kier molecular flexibility index (Phi) is 5.84. The van der Waals surface area contributed by atoms with Gasteiger partial charge in [0, 0.05) is 18.0 Å². The van der Waals surface area contributed by atoms with Crippen molar-refractivity contribution in [2.75, 3.05) is 27.7 Å². The van der Waals surface area contributed by atoms with E-state index >= 15 is 0 Å². The average Bonchev–Trinajstić information content (AvgIpc) is 2.16. The van der Waals surface area contributed by atoms with Crippen LogP contribution in [-0.2, 0) is 4.79 Å². The molecular formula is C11H15N2O4-. The molecule has 0 aromatic carbocycles. The summed E-state index contributed by atoms with van der Waals surface area (Å²) >= 11 is 0. The maximum Gasteiger partial charge on any atom is 0.118 e. The number of hydrogen-bond donors (Lipinski definition) is 0. The molecule has 0 aliphatic heterocycles. The molecule has 0 unspecified atom stereocenters. The van der Waals surface area contributed by atoms with E-state index in [1.54, 1.807) is 27.2 Å². The van der Waals surface area contributed by atoms with E-state index in [9.17, 15) is 19.8 Å². The van der Waals surface area contributed by atoms with Crippen LogP contribution in [0.15, 0.2) is 24.5 Å². The summed E-state index contributed by atoms with van der Waals surface area (Å²) in [6.45, 7) is 0.0694. The number of aromatic nitrogens is 1. The molecule has 0 N–H and O–H groups in total. The van der Waals surface area contributed by atoms with Gasteiger partial charge >= 0.3 is 0 Å². The largest absolute Gasteiger partial charge is 0.545 e. The van der Waals surface area contributed by atoms with Gasteiger partial charge in [0.05, 0.1) is 33.1 Å². The van der Waals surface area contributed by atoms with Crippen molar-refractivity contribution in [1.82, 2.24) is 4.98 Å². The Labute approximate surface area is 99.7 Å². The number of carbonyl (C=O) groups is 2. The first-order chi connectivity index (χ1) is 7.72. The van der Waals surface area contributed by atoms with Gasteiger partial charge in [-0.25, -0.2) is 0 Å². The number of quaternary nitrogens is 1. The lowest BCUT2D eigenvalue weighted by atomic mass is 10.3. The predicted octanol–water partition coefficient (Wildman–Crippen LogP) is -2.11. The van der Waals surface area contributed by atoms with E-state index in [0.717, 1.165) is 0 Å². The summed E-state index contributed by atoms with van der Waals surface area (Å²) in [6.07, 6.45) is 2.75. The molecule has 94 valence electrons. The summed E-state index contributed by atoms with van der Waals surface area (Å²) in [5.41, 5.74) is 0.109. The van der Waals surface area contributed by atoms with Crippen molar-refractivity contribution < 1.29 is 24.3 Å². The Morgan fingerprint density at radius 1 is 1.29 bits per heavy atom. The molecule has 0 saturated heterocycles. The minimum absolute atomic E-state index is 0.0694. The van der Waals surface area contributed by atoms with Gasteiger partial charge in [-0.15, -0.1) is 0 Å². The molecule has 6 nitrogen and oxygen atoms in total. The van der Waals surface area contributed by atoms with Crippen molar-refractivity contribution in [1.29, 1.82) is 0 Å². The molecule has 1 rings (SSSR count). The van der Waals surface area contributed by atoms with Crippen molar-refractivity contribution in [2.24, 2.45) is 0 Å². The maximum atomic E-state index is 10.0. The van der Waals surface area contributed by atoms with E-state index in [1.165, 1.54) is 18.5 Å². The SMILES string of the molecule is C[N+](C)(C)CC(=O)[O-].O=C([O-])c1cccnc1. The lowest BCUT2D eigenvalue weighted by Crippen LogP contribution is -2.45. The fourth-order valence-corrected chi connectivity index (χ4v) is 0.871. The van der Waals surface area contributed by atoms with Crippen LogP contribution in [0.25, 0.3) is 0 Å². The molecule has 0 fully saturated rings. The summed E-state index contributed by atoms with van der Waals surface area (Å²) < 4.78 is 0.419. The highest BCUT2D eigenvalue weighted by atomic mass is 16.4. The van der Waals surface area contributed by atoms with Gasteiger partial charge in [-0.3, -0.25) is 4.98 Å². The van der Waals surface area contributed by atoms with Gasteiger partial charge < -0.3 is 24.3 Å². The van der Waals surface area contributed by atoms with E-state index in [0.29, 0.717) is 4.48 Å². The molecular weight excluding hydrogens is 224 g/mol. The van der Waals surface area contributed by atoms with Gasteiger partial charge in [0.15, 0.2) is 0 Å². The molecule has 6 heteroatoms. The monoisotopic (exact) mass is 239 g/mol. The van der Waals surface area contributed by atoms with Gasteiger partial charge in [-0.1, -0.05) is 6.07 Å². The highest BCUT2D eigenvalue weighted by molar-refractivity contribution is 5.85. The highest BCUT2D eigenvalue weighted by Gasteiger charge is 2.04. The zero-order chi connectivity index (χ0) is 13.5. The summed E-state index contributed by atoms with van der Waals surface area (Å²) in [6, 6.07) is 2.98. The summed E-state index contributed by atoms with van der Waals surface area (Å²) in [5.74, 6) is -2.19. The molecule has 0 aliphatic carbocycles. The van der Waals surface area contributed by atoms with Crippen LogP contribution in [0.2, 0.25) is 0 Å². The fraction of sp³-hybridized carbons (Fsp3) is 0.364. The topological polar surface area (TPSA) is 93.1 Å². The molecule has 0 radical (unpaired) electrons. The molecule has 0 bridgehead atoms. The van der Waals surface area contributed by atoms with Crippen molar-refractivity contribution in [3.63, 3.8) is 0 Å². The number of aromatic carboxylic acids is 1. The third kappa shape index (κ3) is 9.01. The average molecular weight is 239 g/mol. The van der Waals surface area contributed by atoms with Crippen LogP contribution in [-0.4, -0.2) is 49.1 Å². The minimum atomic E-state index is -1.19. The molecule has 0 amide bonds. The number of carboxylic acids is 2. The van der Waals surface area contributed by atoms with Gasteiger partial charge in [0.2, 0.25) is 0 Å². The second-order valence-electron chi connectivity index (χ2n) is 4.35. The second kappa shape index (κ2) is 6.59. The Balaban J connectivity index is 0.000000304. The molecule has 1 heterocycles. The number of pyridine rings is 1. The molecule has 0 aliphatic rings. The first-order valence-electron chi connectivity index (χ1n) is 4.84. The smallest absolute Gasteiger partial charge is 0.118 e. The number of aliphatic carboxylic acids is 1. The standard InChI is InChI=1S/C6H5NO2.C5H11NO2/c8-6(9)5-2-1-3-7-4-5;1-6(2,3)4-5(7)8/h1-4H,(H,8,9);4H2,1-3H3/p-1. The van der Waals surface area contributed by atoms with E-state index in [1.807, 2.05) is 0 Å². The Hall–Kier alpha value is -1.95. The van der Waals surface area contributed by atoms with E-state index in [-0.39, 0.29) is 12.1 Å². The summed E-state index contributed by atoms with van der Waals surface area (Å²) in [7, 11) is 5.40. The number of carboxylic acid groups (broad SMARTS) is 2. The quantitative estimate of drug-likeness (QED) is 0.563. The predicted molar refractivity (Wildman–Crippen MR) is 56.5 cm³/mol. The Morgan fingerprint density at radius 2 is 1.88 bits per heavy atom.